The van der Waals surface area contributed by atoms with Gasteiger partial charge in [-0.2, -0.15) is 0 Å². The van der Waals surface area contributed by atoms with E-state index in [4.69, 9.17) is 0 Å². The molecule has 0 spiro atoms. The maximum absolute atomic E-state index is 13.2. The monoisotopic (exact) mass is 482 g/mol. The number of carbonyl (C=O) groups excluding carboxylic acids is 1. The number of amides is 1. The van der Waals surface area contributed by atoms with E-state index in [0.29, 0.717) is 29.1 Å². The summed E-state index contributed by atoms with van der Waals surface area (Å²) in [6, 6.07) is 18.9. The van der Waals surface area contributed by atoms with E-state index in [-0.39, 0.29) is 23.5 Å². The Bertz CT molecular complexity index is 1580. The molecule has 4 N–H and O–H groups in total. The standard InChI is InChI=1S/C27H23FN6O2/c1-16(18-8-10-21(28)11-9-18)32-26(35)22-3-2-12-29-24(22)30-14-17-4-6-19(7-5-17)20-13-23-25(31-15-20)34-27(36)33-23/h2-13,15-16H,14H2,1H3,(H,29,30)(H,32,35)(H2,31,33,34,36). The Morgan fingerprint density at radius 2 is 1.78 bits per heavy atom. The van der Waals surface area contributed by atoms with Crippen LogP contribution in [0.3, 0.4) is 0 Å². The first kappa shape index (κ1) is 23.0. The van der Waals surface area contributed by atoms with E-state index in [1.807, 2.05) is 37.3 Å². The second kappa shape index (κ2) is 9.83. The van der Waals surface area contributed by atoms with Gasteiger partial charge in [-0.25, -0.2) is 19.2 Å². The van der Waals surface area contributed by atoms with E-state index >= 15 is 0 Å². The van der Waals surface area contributed by atoms with Crippen molar-refractivity contribution < 1.29 is 9.18 Å². The number of benzene rings is 2. The van der Waals surface area contributed by atoms with Crippen molar-refractivity contribution in [2.24, 2.45) is 0 Å². The van der Waals surface area contributed by atoms with Gasteiger partial charge < -0.3 is 15.6 Å². The maximum atomic E-state index is 13.2. The molecular formula is C27H23FN6O2. The highest BCUT2D eigenvalue weighted by molar-refractivity contribution is 5.98. The van der Waals surface area contributed by atoms with Gasteiger partial charge in [-0.05, 0) is 53.9 Å². The first-order chi connectivity index (χ1) is 17.5. The molecule has 1 atom stereocenters. The van der Waals surface area contributed by atoms with Crippen LogP contribution >= 0.6 is 0 Å². The van der Waals surface area contributed by atoms with Gasteiger partial charge in [-0.1, -0.05) is 36.4 Å². The van der Waals surface area contributed by atoms with Crippen LogP contribution in [0, 0.1) is 5.82 Å². The Hall–Kier alpha value is -4.79. The highest BCUT2D eigenvalue weighted by atomic mass is 19.1. The molecule has 0 saturated carbocycles. The molecule has 0 aliphatic heterocycles. The van der Waals surface area contributed by atoms with Crippen molar-refractivity contribution in [2.75, 3.05) is 5.32 Å². The molecule has 5 rings (SSSR count). The molecule has 180 valence electrons. The number of nitrogens with one attached hydrogen (secondary N) is 4. The summed E-state index contributed by atoms with van der Waals surface area (Å²) in [6.45, 7) is 2.31. The maximum Gasteiger partial charge on any atom is 0.325 e. The molecule has 2 aromatic carbocycles. The number of anilines is 1. The van der Waals surface area contributed by atoms with Crippen molar-refractivity contribution in [3.63, 3.8) is 0 Å². The third kappa shape index (κ3) is 5.00. The fourth-order valence-corrected chi connectivity index (χ4v) is 3.92. The average Bonchev–Trinajstić information content (AvgIpc) is 3.27. The van der Waals surface area contributed by atoms with E-state index in [2.05, 4.69) is 30.6 Å². The van der Waals surface area contributed by atoms with Crippen LogP contribution in [0.5, 0.6) is 0 Å². The zero-order valence-corrected chi connectivity index (χ0v) is 19.4. The number of imidazole rings is 1. The van der Waals surface area contributed by atoms with Crippen LogP contribution in [-0.4, -0.2) is 25.8 Å². The number of pyridine rings is 2. The zero-order valence-electron chi connectivity index (χ0n) is 19.4. The molecule has 9 heteroatoms. The van der Waals surface area contributed by atoms with Gasteiger partial charge in [0.25, 0.3) is 5.91 Å². The predicted molar refractivity (Wildman–Crippen MR) is 136 cm³/mol. The highest BCUT2D eigenvalue weighted by Crippen LogP contribution is 2.22. The normalized spacial score (nSPS) is 11.8. The molecule has 1 amide bonds. The fraction of sp³-hybridized carbons (Fsp3) is 0.111. The molecule has 36 heavy (non-hydrogen) atoms. The Morgan fingerprint density at radius 3 is 2.56 bits per heavy atom. The summed E-state index contributed by atoms with van der Waals surface area (Å²) >= 11 is 0. The summed E-state index contributed by atoms with van der Waals surface area (Å²) in [5.74, 6) is -0.126. The summed E-state index contributed by atoms with van der Waals surface area (Å²) in [6.07, 6.45) is 3.34. The number of carbonyl (C=O) groups is 1. The van der Waals surface area contributed by atoms with Gasteiger partial charge in [0.1, 0.15) is 11.6 Å². The molecule has 0 aliphatic carbocycles. The van der Waals surface area contributed by atoms with Crippen molar-refractivity contribution in [3.05, 3.63) is 112 Å². The molecule has 0 bridgehead atoms. The first-order valence-electron chi connectivity index (χ1n) is 11.4. The van der Waals surface area contributed by atoms with Crippen molar-refractivity contribution in [3.8, 4) is 11.1 Å². The SMILES string of the molecule is CC(NC(=O)c1cccnc1NCc1ccc(-c2cnc3[nH]c(=O)[nH]c3c2)cc1)c1ccc(F)cc1. The lowest BCUT2D eigenvalue weighted by Crippen LogP contribution is -2.27. The Balaban J connectivity index is 1.26. The van der Waals surface area contributed by atoms with Crippen molar-refractivity contribution >= 4 is 22.9 Å². The summed E-state index contributed by atoms with van der Waals surface area (Å²) in [5.41, 5.74) is 4.95. The minimum atomic E-state index is -0.321. The van der Waals surface area contributed by atoms with Gasteiger partial charge in [0, 0.05) is 24.5 Å². The van der Waals surface area contributed by atoms with Crippen LogP contribution in [0.4, 0.5) is 10.2 Å². The lowest BCUT2D eigenvalue weighted by Gasteiger charge is -2.16. The van der Waals surface area contributed by atoms with Crippen molar-refractivity contribution in [2.45, 2.75) is 19.5 Å². The van der Waals surface area contributed by atoms with Gasteiger partial charge in [-0.15, -0.1) is 0 Å². The number of aromatic nitrogens is 4. The van der Waals surface area contributed by atoms with E-state index in [1.54, 1.807) is 36.7 Å². The molecule has 0 saturated heterocycles. The van der Waals surface area contributed by atoms with E-state index < -0.39 is 0 Å². The largest absolute Gasteiger partial charge is 0.365 e. The molecule has 5 aromatic rings. The molecule has 3 aromatic heterocycles. The number of aromatic amines is 2. The number of hydrogen-bond donors (Lipinski definition) is 4. The Kier molecular flexibility index (Phi) is 6.27. The fourth-order valence-electron chi connectivity index (χ4n) is 3.92. The molecular weight excluding hydrogens is 459 g/mol. The first-order valence-corrected chi connectivity index (χ1v) is 11.4. The van der Waals surface area contributed by atoms with Crippen molar-refractivity contribution in [1.82, 2.24) is 25.3 Å². The van der Waals surface area contributed by atoms with Gasteiger partial charge in [0.05, 0.1) is 17.1 Å². The predicted octanol–water partition coefficient (Wildman–Crippen LogP) is 4.56. The summed E-state index contributed by atoms with van der Waals surface area (Å²) in [5, 5.41) is 6.18. The second-order valence-corrected chi connectivity index (χ2v) is 8.40. The van der Waals surface area contributed by atoms with Gasteiger partial charge in [0.2, 0.25) is 0 Å². The number of nitrogens with zero attached hydrogens (tertiary/aromatic N) is 2. The van der Waals surface area contributed by atoms with E-state index in [1.165, 1.54) is 12.1 Å². The number of rotatable bonds is 7. The minimum Gasteiger partial charge on any atom is -0.365 e. The van der Waals surface area contributed by atoms with Crippen molar-refractivity contribution in [1.29, 1.82) is 0 Å². The average molecular weight is 483 g/mol. The van der Waals surface area contributed by atoms with Crippen LogP contribution in [0.2, 0.25) is 0 Å². The molecule has 0 fully saturated rings. The Morgan fingerprint density at radius 1 is 1.00 bits per heavy atom. The molecule has 0 aliphatic rings. The summed E-state index contributed by atoms with van der Waals surface area (Å²) in [4.78, 5) is 38.4. The van der Waals surface area contributed by atoms with E-state index in [0.717, 1.165) is 22.3 Å². The summed E-state index contributed by atoms with van der Waals surface area (Å²) < 4.78 is 13.2. The lowest BCUT2D eigenvalue weighted by atomic mass is 10.1. The van der Waals surface area contributed by atoms with E-state index in [9.17, 15) is 14.0 Å². The minimum absolute atomic E-state index is 0.275. The van der Waals surface area contributed by atoms with Crippen LogP contribution in [-0.2, 0) is 6.54 Å². The van der Waals surface area contributed by atoms with Crippen LogP contribution in [0.15, 0.2) is 83.9 Å². The number of fused-ring (bicyclic) bond motifs is 1. The van der Waals surface area contributed by atoms with Gasteiger partial charge in [-0.3, -0.25) is 9.78 Å². The lowest BCUT2D eigenvalue weighted by molar-refractivity contribution is 0.0940. The topological polar surface area (TPSA) is 116 Å². The van der Waals surface area contributed by atoms with Crippen LogP contribution in [0.1, 0.15) is 34.5 Å². The second-order valence-electron chi connectivity index (χ2n) is 8.40. The van der Waals surface area contributed by atoms with Crippen LogP contribution < -0.4 is 16.3 Å². The molecule has 3 heterocycles. The molecule has 8 nitrogen and oxygen atoms in total. The third-order valence-electron chi connectivity index (χ3n) is 5.88. The quantitative estimate of drug-likeness (QED) is 0.272. The Labute approximate surface area is 205 Å². The summed E-state index contributed by atoms with van der Waals surface area (Å²) in [7, 11) is 0. The number of halogens is 1. The molecule has 1 unspecified atom stereocenters. The van der Waals surface area contributed by atoms with Crippen LogP contribution in [0.25, 0.3) is 22.3 Å². The smallest absolute Gasteiger partial charge is 0.325 e. The highest BCUT2D eigenvalue weighted by Gasteiger charge is 2.16. The van der Waals surface area contributed by atoms with Gasteiger partial charge >= 0.3 is 5.69 Å². The van der Waals surface area contributed by atoms with Gasteiger partial charge in [0.15, 0.2) is 5.65 Å². The zero-order chi connectivity index (χ0) is 25.1. The third-order valence-corrected chi connectivity index (χ3v) is 5.88. The number of H-pyrrole nitrogens is 2. The number of hydrogen-bond acceptors (Lipinski definition) is 5. The molecule has 0 radical (unpaired) electrons.